The fourth-order valence-corrected chi connectivity index (χ4v) is 4.45. The van der Waals surface area contributed by atoms with Crippen LogP contribution >= 0.6 is 0 Å². The third kappa shape index (κ3) is 4.44. The Balaban J connectivity index is 2.06. The number of pyridine rings is 1. The van der Waals surface area contributed by atoms with Crippen molar-refractivity contribution < 1.29 is 9.30 Å². The number of quaternary nitrogens is 1. The van der Waals surface area contributed by atoms with Crippen molar-refractivity contribution in [2.24, 2.45) is 0 Å². The molecule has 0 spiro atoms. The molecule has 3 N–H and O–H groups in total. The number of nitriles is 1. The van der Waals surface area contributed by atoms with Gasteiger partial charge >= 0.3 is 0 Å². The molecule has 0 aliphatic rings. The number of aromatic amines is 1. The SMILES string of the molecule is CCCCCc1c(C)c(C#N)c2[nH]c3ccccc3[n+]2c1NCCC[NH+](CC)CC. The number of anilines is 1. The van der Waals surface area contributed by atoms with Crippen LogP contribution in [-0.2, 0) is 6.42 Å². The smallest absolute Gasteiger partial charge is 0.250 e. The Morgan fingerprint density at radius 2 is 1.87 bits per heavy atom. The summed E-state index contributed by atoms with van der Waals surface area (Å²) in [7, 11) is 0. The van der Waals surface area contributed by atoms with Crippen LogP contribution < -0.4 is 14.6 Å². The van der Waals surface area contributed by atoms with E-state index in [1.165, 1.54) is 38.0 Å². The number of nitrogens with one attached hydrogen (secondary N) is 3. The van der Waals surface area contributed by atoms with Crippen molar-refractivity contribution >= 4 is 22.5 Å². The molecular weight excluding hydrogens is 370 g/mol. The summed E-state index contributed by atoms with van der Waals surface area (Å²) >= 11 is 0. The van der Waals surface area contributed by atoms with Gasteiger partial charge in [-0.1, -0.05) is 31.9 Å². The van der Waals surface area contributed by atoms with Crippen molar-refractivity contribution in [3.63, 3.8) is 0 Å². The zero-order valence-corrected chi connectivity index (χ0v) is 19.1. The summed E-state index contributed by atoms with van der Waals surface area (Å²) in [6.07, 6.45) is 5.69. The van der Waals surface area contributed by atoms with Gasteiger partial charge < -0.3 is 10.2 Å². The molecule has 5 heteroatoms. The van der Waals surface area contributed by atoms with E-state index in [0.29, 0.717) is 0 Å². The van der Waals surface area contributed by atoms with Gasteiger partial charge in [-0.2, -0.15) is 9.66 Å². The first-order chi connectivity index (χ1) is 14.7. The van der Waals surface area contributed by atoms with Gasteiger partial charge in [0.25, 0.3) is 0 Å². The molecule has 160 valence electrons. The molecule has 3 aromatic rings. The van der Waals surface area contributed by atoms with Crippen molar-refractivity contribution in [3.05, 3.63) is 41.0 Å². The largest absolute Gasteiger partial charge is 0.335 e. The summed E-state index contributed by atoms with van der Waals surface area (Å²) in [6.45, 7) is 13.3. The highest BCUT2D eigenvalue weighted by Crippen LogP contribution is 2.27. The lowest BCUT2D eigenvalue weighted by Crippen LogP contribution is -3.11. The molecule has 2 aromatic heterocycles. The van der Waals surface area contributed by atoms with Crippen LogP contribution in [0, 0.1) is 18.3 Å². The molecule has 3 rings (SSSR count). The molecule has 0 atom stereocenters. The van der Waals surface area contributed by atoms with Crippen LogP contribution in [0.4, 0.5) is 5.82 Å². The highest BCUT2D eigenvalue weighted by molar-refractivity contribution is 5.78. The summed E-state index contributed by atoms with van der Waals surface area (Å²) in [5, 5.41) is 13.7. The Labute approximate surface area is 180 Å². The van der Waals surface area contributed by atoms with Crippen LogP contribution in [0.5, 0.6) is 0 Å². The average Bonchev–Trinajstić information content (AvgIpc) is 3.14. The van der Waals surface area contributed by atoms with Crippen LogP contribution in [0.1, 0.15) is 63.1 Å². The Bertz CT molecular complexity index is 1020. The van der Waals surface area contributed by atoms with Crippen molar-refractivity contribution in [2.45, 2.75) is 59.8 Å². The fourth-order valence-electron chi connectivity index (χ4n) is 4.45. The quantitative estimate of drug-likeness (QED) is 0.336. The van der Waals surface area contributed by atoms with E-state index in [1.807, 2.05) is 6.07 Å². The maximum absolute atomic E-state index is 9.95. The number of fused-ring (bicyclic) bond motifs is 3. The van der Waals surface area contributed by atoms with Gasteiger partial charge in [0, 0.05) is 12.0 Å². The molecule has 0 saturated carbocycles. The predicted molar refractivity (Wildman–Crippen MR) is 124 cm³/mol. The summed E-state index contributed by atoms with van der Waals surface area (Å²) < 4.78 is 2.24. The van der Waals surface area contributed by atoms with Crippen LogP contribution in [0.2, 0.25) is 0 Å². The van der Waals surface area contributed by atoms with E-state index in [9.17, 15) is 5.26 Å². The second kappa shape index (κ2) is 10.4. The minimum atomic E-state index is 0.760. The van der Waals surface area contributed by atoms with Gasteiger partial charge in [0.15, 0.2) is 0 Å². The number of H-pyrrole nitrogens is 1. The van der Waals surface area contributed by atoms with E-state index in [0.717, 1.165) is 59.4 Å². The number of para-hydroxylation sites is 2. The van der Waals surface area contributed by atoms with Gasteiger partial charge in [-0.15, -0.1) is 0 Å². The second-order valence-electron chi connectivity index (χ2n) is 8.21. The molecule has 2 heterocycles. The molecule has 0 saturated heterocycles. The molecule has 0 unspecified atom stereocenters. The number of aromatic nitrogens is 2. The highest BCUT2D eigenvalue weighted by atomic mass is 15.1. The summed E-state index contributed by atoms with van der Waals surface area (Å²) in [6, 6.07) is 10.8. The Hall–Kier alpha value is -2.58. The number of rotatable bonds is 11. The van der Waals surface area contributed by atoms with Crippen LogP contribution in [0.15, 0.2) is 24.3 Å². The lowest BCUT2D eigenvalue weighted by molar-refractivity contribution is -0.896. The molecule has 1 aromatic carbocycles. The topological polar surface area (TPSA) is 60.1 Å². The van der Waals surface area contributed by atoms with Gasteiger partial charge in [0.2, 0.25) is 11.5 Å². The molecule has 0 radical (unpaired) electrons. The van der Waals surface area contributed by atoms with Gasteiger partial charge in [0.1, 0.15) is 22.7 Å². The minimum absolute atomic E-state index is 0.760. The maximum atomic E-state index is 9.95. The number of nitrogens with zero attached hydrogens (tertiary/aromatic N) is 2. The van der Waals surface area contributed by atoms with E-state index >= 15 is 0 Å². The van der Waals surface area contributed by atoms with Crippen LogP contribution in [0.3, 0.4) is 0 Å². The first-order valence-corrected chi connectivity index (χ1v) is 11.6. The number of unbranched alkanes of at least 4 members (excludes halogenated alkanes) is 2. The molecule has 0 bridgehead atoms. The first-order valence-electron chi connectivity index (χ1n) is 11.6. The van der Waals surface area contributed by atoms with Gasteiger partial charge in [0.05, 0.1) is 26.2 Å². The molecule has 0 amide bonds. The third-order valence-corrected chi connectivity index (χ3v) is 6.34. The average molecular weight is 408 g/mol. The predicted octanol–water partition coefficient (Wildman–Crippen LogP) is 3.55. The van der Waals surface area contributed by atoms with Gasteiger partial charge in [-0.05, 0) is 51.3 Å². The lowest BCUT2D eigenvalue weighted by Gasteiger charge is -2.16. The number of hydrogen-bond acceptors (Lipinski definition) is 2. The summed E-state index contributed by atoms with van der Waals surface area (Å²) in [4.78, 5) is 5.14. The van der Waals surface area contributed by atoms with Crippen molar-refractivity contribution in [3.8, 4) is 6.07 Å². The molecule has 30 heavy (non-hydrogen) atoms. The fraction of sp³-hybridized carbons (Fsp3) is 0.520. The van der Waals surface area contributed by atoms with E-state index < -0.39 is 0 Å². The van der Waals surface area contributed by atoms with Crippen LogP contribution in [-0.4, -0.2) is 31.2 Å². The highest BCUT2D eigenvalue weighted by Gasteiger charge is 2.25. The molecule has 0 fully saturated rings. The van der Waals surface area contributed by atoms with Crippen molar-refractivity contribution in [1.29, 1.82) is 5.26 Å². The molecule has 0 aliphatic carbocycles. The van der Waals surface area contributed by atoms with E-state index in [2.05, 4.69) is 66.7 Å². The van der Waals surface area contributed by atoms with Crippen molar-refractivity contribution in [2.75, 3.05) is 31.5 Å². The number of imidazole rings is 1. The van der Waals surface area contributed by atoms with Gasteiger partial charge in [-0.3, -0.25) is 4.98 Å². The molecular formula is C25H37N5+2. The monoisotopic (exact) mass is 407 g/mol. The number of hydrogen-bond donors (Lipinski definition) is 3. The third-order valence-electron chi connectivity index (χ3n) is 6.34. The Kier molecular flexibility index (Phi) is 7.70. The minimum Gasteiger partial charge on any atom is -0.335 e. The zero-order chi connectivity index (χ0) is 21.5. The Morgan fingerprint density at radius 1 is 1.10 bits per heavy atom. The van der Waals surface area contributed by atoms with E-state index in [1.54, 1.807) is 4.90 Å². The number of benzene rings is 1. The molecule has 5 nitrogen and oxygen atoms in total. The van der Waals surface area contributed by atoms with E-state index in [4.69, 9.17) is 0 Å². The second-order valence-corrected chi connectivity index (χ2v) is 8.21. The summed E-state index contributed by atoms with van der Waals surface area (Å²) in [5.74, 6) is 1.16. The van der Waals surface area contributed by atoms with Crippen molar-refractivity contribution in [1.82, 2.24) is 4.98 Å². The summed E-state index contributed by atoms with van der Waals surface area (Å²) in [5.41, 5.74) is 6.24. The van der Waals surface area contributed by atoms with Crippen LogP contribution in [0.25, 0.3) is 16.7 Å². The zero-order valence-electron chi connectivity index (χ0n) is 19.1. The Morgan fingerprint density at radius 3 is 2.57 bits per heavy atom. The van der Waals surface area contributed by atoms with E-state index in [-0.39, 0.29) is 0 Å². The molecule has 0 aliphatic heterocycles. The lowest BCUT2D eigenvalue weighted by atomic mass is 9.99. The maximum Gasteiger partial charge on any atom is 0.250 e. The standard InChI is InChI=1S/C25H35N5/c1-5-8-9-13-20-19(4)21(18-26)25-28-22-14-10-11-15-23(22)30(25)24(20)27-16-12-17-29(6-2)7-3/h10-11,14-15H,5-9,12-13,16-17H2,1-4H3,(H,27,28)/p+2. The normalized spacial score (nSPS) is 11.5. The first kappa shape index (κ1) is 22.1. The van der Waals surface area contributed by atoms with Gasteiger partial charge in [-0.25, -0.2) is 0 Å².